The molecule has 1 amide bonds. The van der Waals surface area contributed by atoms with Crippen molar-refractivity contribution < 1.29 is 13.9 Å². The number of nitrogens with two attached hydrogens (primary N) is 1. The highest BCUT2D eigenvalue weighted by molar-refractivity contribution is 5.98. The van der Waals surface area contributed by atoms with E-state index in [0.717, 1.165) is 12.8 Å². The summed E-state index contributed by atoms with van der Waals surface area (Å²) in [5.41, 5.74) is 5.25. The van der Waals surface area contributed by atoms with Crippen LogP contribution in [-0.4, -0.2) is 18.6 Å². The number of carbonyl (C=O) groups is 1. The minimum absolute atomic E-state index is 0.107. The van der Waals surface area contributed by atoms with Crippen LogP contribution in [0.2, 0.25) is 0 Å². The summed E-state index contributed by atoms with van der Waals surface area (Å²) in [6, 6.07) is 4.20. The molecule has 2 rings (SSSR count). The molecule has 5 heteroatoms. The molecule has 98 valence electrons. The lowest BCUT2D eigenvalue weighted by molar-refractivity contribution is -0.121. The van der Waals surface area contributed by atoms with E-state index in [1.54, 1.807) is 0 Å². The van der Waals surface area contributed by atoms with E-state index in [1.807, 2.05) is 0 Å². The Hall–Kier alpha value is -1.62. The minimum atomic E-state index is -0.866. The average molecular weight is 252 g/mol. The Kier molecular flexibility index (Phi) is 3.52. The number of carbonyl (C=O) groups excluding carboxylic acids is 1. The third-order valence-corrected chi connectivity index (χ3v) is 3.37. The zero-order chi connectivity index (χ0) is 13.2. The third-order valence-electron chi connectivity index (χ3n) is 3.37. The molecule has 0 heterocycles. The summed E-state index contributed by atoms with van der Waals surface area (Å²) in [7, 11) is 1.49. The molecular formula is C13H17FN2O2. The van der Waals surface area contributed by atoms with Crippen LogP contribution < -0.4 is 15.8 Å². The molecule has 0 aromatic heterocycles. The van der Waals surface area contributed by atoms with Crippen LogP contribution in [0, 0.1) is 5.82 Å². The summed E-state index contributed by atoms with van der Waals surface area (Å²) in [5, 5.41) is 2.55. The maximum Gasteiger partial charge on any atom is 0.244 e. The number of anilines is 1. The number of nitrogens with one attached hydrogen (secondary N) is 1. The number of methoxy groups -OCH3 is 1. The normalized spacial score (nSPS) is 17.5. The fourth-order valence-corrected chi connectivity index (χ4v) is 2.21. The Morgan fingerprint density at radius 3 is 2.72 bits per heavy atom. The first-order valence-corrected chi connectivity index (χ1v) is 5.99. The van der Waals surface area contributed by atoms with Crippen LogP contribution in [0.25, 0.3) is 0 Å². The van der Waals surface area contributed by atoms with Gasteiger partial charge in [-0.1, -0.05) is 12.8 Å². The lowest BCUT2D eigenvalue weighted by atomic mass is 9.98. The van der Waals surface area contributed by atoms with Gasteiger partial charge in [0.25, 0.3) is 0 Å². The average Bonchev–Trinajstić information content (AvgIpc) is 2.80. The molecule has 3 N–H and O–H groups in total. The SMILES string of the molecule is COc1ccc(F)c(NC(=O)C2(N)CCCC2)c1. The summed E-state index contributed by atoms with van der Waals surface area (Å²) in [6.07, 6.45) is 3.16. The Morgan fingerprint density at radius 1 is 1.44 bits per heavy atom. The van der Waals surface area contributed by atoms with E-state index < -0.39 is 11.4 Å². The van der Waals surface area contributed by atoms with E-state index in [0.29, 0.717) is 18.6 Å². The van der Waals surface area contributed by atoms with Gasteiger partial charge in [-0.25, -0.2) is 4.39 Å². The van der Waals surface area contributed by atoms with Gasteiger partial charge < -0.3 is 15.8 Å². The minimum Gasteiger partial charge on any atom is -0.497 e. The van der Waals surface area contributed by atoms with E-state index >= 15 is 0 Å². The van der Waals surface area contributed by atoms with Crippen molar-refractivity contribution >= 4 is 11.6 Å². The number of hydrogen-bond donors (Lipinski definition) is 2. The fourth-order valence-electron chi connectivity index (χ4n) is 2.21. The predicted octanol–water partition coefficient (Wildman–Crippen LogP) is 2.04. The Morgan fingerprint density at radius 2 is 2.11 bits per heavy atom. The van der Waals surface area contributed by atoms with Crippen molar-refractivity contribution in [3.63, 3.8) is 0 Å². The van der Waals surface area contributed by atoms with Crippen LogP contribution in [0.4, 0.5) is 10.1 Å². The van der Waals surface area contributed by atoms with Crippen LogP contribution in [0.15, 0.2) is 18.2 Å². The van der Waals surface area contributed by atoms with Gasteiger partial charge in [0.1, 0.15) is 11.6 Å². The molecule has 0 atom stereocenters. The van der Waals surface area contributed by atoms with Gasteiger partial charge in [-0.3, -0.25) is 4.79 Å². The van der Waals surface area contributed by atoms with Gasteiger partial charge in [0.05, 0.1) is 18.3 Å². The fraction of sp³-hybridized carbons (Fsp3) is 0.462. The molecule has 1 aromatic carbocycles. The van der Waals surface area contributed by atoms with Gasteiger partial charge >= 0.3 is 0 Å². The molecule has 1 aromatic rings. The largest absolute Gasteiger partial charge is 0.497 e. The zero-order valence-electron chi connectivity index (χ0n) is 10.3. The van der Waals surface area contributed by atoms with Crippen LogP contribution >= 0.6 is 0 Å². The number of ether oxygens (including phenoxy) is 1. The highest BCUT2D eigenvalue weighted by atomic mass is 19.1. The number of amides is 1. The first-order valence-electron chi connectivity index (χ1n) is 5.99. The highest BCUT2D eigenvalue weighted by Crippen LogP contribution is 2.29. The molecule has 0 bridgehead atoms. The maximum atomic E-state index is 13.6. The van der Waals surface area contributed by atoms with Crippen LogP contribution in [0.5, 0.6) is 5.75 Å². The second-order valence-electron chi connectivity index (χ2n) is 4.66. The topological polar surface area (TPSA) is 64.3 Å². The predicted molar refractivity (Wildman–Crippen MR) is 67.0 cm³/mol. The molecule has 4 nitrogen and oxygen atoms in total. The van der Waals surface area contributed by atoms with Crippen LogP contribution in [0.1, 0.15) is 25.7 Å². The second-order valence-corrected chi connectivity index (χ2v) is 4.66. The molecule has 0 unspecified atom stereocenters. The van der Waals surface area contributed by atoms with E-state index in [4.69, 9.17) is 10.5 Å². The molecule has 18 heavy (non-hydrogen) atoms. The maximum absolute atomic E-state index is 13.6. The van der Waals surface area contributed by atoms with Crippen molar-refractivity contribution in [3.05, 3.63) is 24.0 Å². The monoisotopic (exact) mass is 252 g/mol. The molecule has 0 saturated heterocycles. The van der Waals surface area contributed by atoms with Crippen molar-refractivity contribution in [3.8, 4) is 5.75 Å². The summed E-state index contributed by atoms with van der Waals surface area (Å²) in [6.45, 7) is 0. The van der Waals surface area contributed by atoms with E-state index in [9.17, 15) is 9.18 Å². The Labute approximate surface area is 105 Å². The van der Waals surface area contributed by atoms with Gasteiger partial charge in [-0.15, -0.1) is 0 Å². The molecule has 1 saturated carbocycles. The molecule has 0 spiro atoms. The van der Waals surface area contributed by atoms with E-state index in [-0.39, 0.29) is 11.6 Å². The Bertz CT molecular complexity index is 456. The molecule has 0 radical (unpaired) electrons. The van der Waals surface area contributed by atoms with Crippen LogP contribution in [0.3, 0.4) is 0 Å². The third kappa shape index (κ3) is 2.46. The van der Waals surface area contributed by atoms with Crippen LogP contribution in [-0.2, 0) is 4.79 Å². The van der Waals surface area contributed by atoms with Crippen molar-refractivity contribution in [1.82, 2.24) is 0 Å². The second kappa shape index (κ2) is 4.94. The smallest absolute Gasteiger partial charge is 0.244 e. The van der Waals surface area contributed by atoms with E-state index in [2.05, 4.69) is 5.32 Å². The molecule has 1 fully saturated rings. The standard InChI is InChI=1S/C13H17FN2O2/c1-18-9-4-5-10(14)11(8-9)16-12(17)13(15)6-2-3-7-13/h4-5,8H,2-3,6-7,15H2,1H3,(H,16,17). The first-order chi connectivity index (χ1) is 8.55. The van der Waals surface area contributed by atoms with Crippen molar-refractivity contribution in [2.24, 2.45) is 5.73 Å². The zero-order valence-corrected chi connectivity index (χ0v) is 10.3. The quantitative estimate of drug-likeness (QED) is 0.865. The molecule has 1 aliphatic carbocycles. The van der Waals surface area contributed by atoms with Crippen molar-refractivity contribution in [2.75, 3.05) is 12.4 Å². The van der Waals surface area contributed by atoms with Crippen molar-refractivity contribution in [2.45, 2.75) is 31.2 Å². The number of halogens is 1. The lowest BCUT2D eigenvalue weighted by Crippen LogP contribution is -2.48. The summed E-state index contributed by atoms with van der Waals surface area (Å²) >= 11 is 0. The summed E-state index contributed by atoms with van der Waals surface area (Å²) in [5.74, 6) is -0.331. The van der Waals surface area contributed by atoms with Crippen molar-refractivity contribution in [1.29, 1.82) is 0 Å². The van der Waals surface area contributed by atoms with Gasteiger partial charge in [0.2, 0.25) is 5.91 Å². The molecular weight excluding hydrogens is 235 g/mol. The Balaban J connectivity index is 2.16. The number of benzene rings is 1. The van der Waals surface area contributed by atoms with E-state index in [1.165, 1.54) is 25.3 Å². The molecule has 0 aliphatic heterocycles. The lowest BCUT2D eigenvalue weighted by Gasteiger charge is -2.22. The number of hydrogen-bond acceptors (Lipinski definition) is 3. The number of rotatable bonds is 3. The summed E-state index contributed by atoms with van der Waals surface area (Å²) < 4.78 is 18.6. The van der Waals surface area contributed by atoms with Gasteiger partial charge in [-0.05, 0) is 25.0 Å². The van der Waals surface area contributed by atoms with Gasteiger partial charge in [0, 0.05) is 6.07 Å². The van der Waals surface area contributed by atoms with Gasteiger partial charge in [0.15, 0.2) is 0 Å². The first kappa shape index (κ1) is 12.8. The van der Waals surface area contributed by atoms with Gasteiger partial charge in [-0.2, -0.15) is 0 Å². The highest BCUT2D eigenvalue weighted by Gasteiger charge is 2.37. The summed E-state index contributed by atoms with van der Waals surface area (Å²) in [4.78, 5) is 12.0. The molecule has 1 aliphatic rings.